The smallest absolute Gasteiger partial charge is 0.123 e. The Morgan fingerprint density at radius 2 is 1.94 bits per heavy atom. The lowest BCUT2D eigenvalue weighted by molar-refractivity contribution is 0.374. The summed E-state index contributed by atoms with van der Waals surface area (Å²) in [5.41, 5.74) is 4.91. The molecule has 3 N–H and O–H groups in total. The monoisotopic (exact) mass is 238 g/mol. The van der Waals surface area contributed by atoms with E-state index in [2.05, 4.69) is 19.3 Å². The van der Waals surface area contributed by atoms with Crippen LogP contribution in [0.25, 0.3) is 0 Å². The van der Waals surface area contributed by atoms with Crippen LogP contribution in [0, 0.1) is 18.7 Å². The lowest BCUT2D eigenvalue weighted by Gasteiger charge is -2.23. The molecule has 0 aromatic heterocycles. The Morgan fingerprint density at radius 3 is 2.41 bits per heavy atom. The summed E-state index contributed by atoms with van der Waals surface area (Å²) in [5, 5.41) is 0. The van der Waals surface area contributed by atoms with Crippen LogP contribution in [0.5, 0.6) is 0 Å². The third-order valence-corrected chi connectivity index (χ3v) is 3.53. The molecule has 1 rings (SSSR count). The molecule has 0 aliphatic rings. The van der Waals surface area contributed by atoms with Crippen LogP contribution in [0.15, 0.2) is 18.2 Å². The first-order valence-electron chi connectivity index (χ1n) is 6.34. The van der Waals surface area contributed by atoms with Gasteiger partial charge in [0.05, 0.1) is 0 Å². The van der Waals surface area contributed by atoms with Gasteiger partial charge in [0.15, 0.2) is 0 Å². The number of rotatable bonds is 6. The van der Waals surface area contributed by atoms with Gasteiger partial charge in [-0.2, -0.15) is 0 Å². The zero-order valence-electron chi connectivity index (χ0n) is 11.0. The minimum absolute atomic E-state index is 0.112. The molecule has 17 heavy (non-hydrogen) atoms. The van der Waals surface area contributed by atoms with Crippen molar-refractivity contribution in [3.05, 3.63) is 35.1 Å². The summed E-state index contributed by atoms with van der Waals surface area (Å²) in [5.74, 6) is 6.09. The van der Waals surface area contributed by atoms with Crippen LogP contribution in [-0.4, -0.2) is 0 Å². The van der Waals surface area contributed by atoms with Gasteiger partial charge >= 0.3 is 0 Å². The molecule has 0 fully saturated rings. The van der Waals surface area contributed by atoms with Gasteiger partial charge < -0.3 is 0 Å². The van der Waals surface area contributed by atoms with Crippen molar-refractivity contribution in [2.75, 3.05) is 0 Å². The Morgan fingerprint density at radius 1 is 1.29 bits per heavy atom. The molecule has 0 aliphatic carbocycles. The third-order valence-electron chi connectivity index (χ3n) is 3.53. The van der Waals surface area contributed by atoms with Crippen molar-refractivity contribution in [2.45, 2.75) is 46.1 Å². The van der Waals surface area contributed by atoms with Gasteiger partial charge in [-0.1, -0.05) is 32.8 Å². The Balaban J connectivity index is 2.85. The van der Waals surface area contributed by atoms with E-state index in [0.717, 1.165) is 30.4 Å². The highest BCUT2D eigenvalue weighted by molar-refractivity contribution is 5.29. The van der Waals surface area contributed by atoms with Crippen molar-refractivity contribution in [3.63, 3.8) is 0 Å². The van der Waals surface area contributed by atoms with Crippen LogP contribution in [0.1, 0.15) is 50.3 Å². The summed E-state index contributed by atoms with van der Waals surface area (Å²) in [4.78, 5) is 0. The van der Waals surface area contributed by atoms with Gasteiger partial charge in [-0.3, -0.25) is 11.3 Å². The number of benzene rings is 1. The Bertz CT molecular complexity index is 348. The van der Waals surface area contributed by atoms with Crippen LogP contribution < -0.4 is 11.3 Å². The molecular formula is C14H23FN2. The Kier molecular flexibility index (Phi) is 5.59. The number of hydrogen-bond donors (Lipinski definition) is 2. The van der Waals surface area contributed by atoms with E-state index >= 15 is 0 Å². The maximum Gasteiger partial charge on any atom is 0.123 e. The standard InChI is InChI=1S/C14H23FN2/c1-4-11(5-2)9-14(17-16)13-7-6-12(15)8-10(13)3/h6-8,11,14,17H,4-5,9,16H2,1-3H3. The predicted molar refractivity (Wildman–Crippen MR) is 69.9 cm³/mol. The van der Waals surface area contributed by atoms with E-state index in [0.29, 0.717) is 5.92 Å². The van der Waals surface area contributed by atoms with Crippen LogP contribution in [0.2, 0.25) is 0 Å². The summed E-state index contributed by atoms with van der Waals surface area (Å²) >= 11 is 0. The van der Waals surface area contributed by atoms with Crippen LogP contribution >= 0.6 is 0 Å². The van der Waals surface area contributed by atoms with Gasteiger partial charge in [-0.25, -0.2) is 4.39 Å². The number of hydrogen-bond acceptors (Lipinski definition) is 2. The molecule has 0 radical (unpaired) electrons. The fourth-order valence-corrected chi connectivity index (χ4v) is 2.27. The first kappa shape index (κ1) is 14.1. The average Bonchev–Trinajstić information content (AvgIpc) is 2.32. The number of hydrazine groups is 1. The third kappa shape index (κ3) is 3.79. The predicted octanol–water partition coefficient (Wildman–Crippen LogP) is 3.46. The second-order valence-corrected chi connectivity index (χ2v) is 4.64. The fourth-order valence-electron chi connectivity index (χ4n) is 2.27. The van der Waals surface area contributed by atoms with E-state index < -0.39 is 0 Å². The molecule has 1 atom stereocenters. The van der Waals surface area contributed by atoms with E-state index in [1.54, 1.807) is 6.07 Å². The maximum atomic E-state index is 13.1. The van der Waals surface area contributed by atoms with E-state index in [9.17, 15) is 4.39 Å². The highest BCUT2D eigenvalue weighted by atomic mass is 19.1. The second-order valence-electron chi connectivity index (χ2n) is 4.64. The normalized spacial score (nSPS) is 13.1. The molecular weight excluding hydrogens is 215 g/mol. The number of nitrogens with two attached hydrogens (primary N) is 1. The molecule has 0 heterocycles. The fraction of sp³-hybridized carbons (Fsp3) is 0.571. The molecule has 0 aliphatic heterocycles. The molecule has 96 valence electrons. The number of halogens is 1. The van der Waals surface area contributed by atoms with Crippen LogP contribution in [0.4, 0.5) is 4.39 Å². The minimum Gasteiger partial charge on any atom is -0.271 e. The number of nitrogens with one attached hydrogen (secondary N) is 1. The summed E-state index contributed by atoms with van der Waals surface area (Å²) in [6.45, 7) is 6.31. The largest absolute Gasteiger partial charge is 0.271 e. The minimum atomic E-state index is -0.190. The molecule has 0 spiro atoms. The molecule has 1 unspecified atom stereocenters. The van der Waals surface area contributed by atoms with E-state index in [1.165, 1.54) is 6.07 Å². The SMILES string of the molecule is CCC(CC)CC(NN)c1ccc(F)cc1C. The highest BCUT2D eigenvalue weighted by Gasteiger charge is 2.16. The van der Waals surface area contributed by atoms with Crippen molar-refractivity contribution in [1.29, 1.82) is 0 Å². The van der Waals surface area contributed by atoms with Gasteiger partial charge in [-0.05, 0) is 42.5 Å². The summed E-state index contributed by atoms with van der Waals surface area (Å²) in [6, 6.07) is 5.00. The first-order valence-corrected chi connectivity index (χ1v) is 6.34. The first-order chi connectivity index (χ1) is 8.12. The highest BCUT2D eigenvalue weighted by Crippen LogP contribution is 2.27. The van der Waals surface area contributed by atoms with Crippen LogP contribution in [-0.2, 0) is 0 Å². The molecule has 1 aromatic carbocycles. The van der Waals surface area contributed by atoms with Crippen molar-refractivity contribution < 1.29 is 4.39 Å². The quantitative estimate of drug-likeness (QED) is 0.588. The van der Waals surface area contributed by atoms with Gasteiger partial charge in [0.1, 0.15) is 5.82 Å². The van der Waals surface area contributed by atoms with Crippen molar-refractivity contribution >= 4 is 0 Å². The van der Waals surface area contributed by atoms with Crippen LogP contribution in [0.3, 0.4) is 0 Å². The lowest BCUT2D eigenvalue weighted by Crippen LogP contribution is -2.30. The summed E-state index contributed by atoms with van der Waals surface area (Å²) in [7, 11) is 0. The topological polar surface area (TPSA) is 38.0 Å². The lowest BCUT2D eigenvalue weighted by atomic mass is 9.90. The Hall–Kier alpha value is -0.930. The average molecular weight is 238 g/mol. The van der Waals surface area contributed by atoms with E-state index in [4.69, 9.17) is 5.84 Å². The zero-order valence-corrected chi connectivity index (χ0v) is 11.0. The van der Waals surface area contributed by atoms with Crippen molar-refractivity contribution in [2.24, 2.45) is 11.8 Å². The molecule has 0 bridgehead atoms. The van der Waals surface area contributed by atoms with Crippen molar-refractivity contribution in [3.8, 4) is 0 Å². The Labute approximate surface area is 103 Å². The van der Waals surface area contributed by atoms with Gasteiger partial charge in [0.25, 0.3) is 0 Å². The van der Waals surface area contributed by atoms with E-state index in [-0.39, 0.29) is 11.9 Å². The molecule has 0 amide bonds. The van der Waals surface area contributed by atoms with Crippen molar-refractivity contribution in [1.82, 2.24) is 5.43 Å². The molecule has 0 saturated heterocycles. The van der Waals surface area contributed by atoms with Gasteiger partial charge in [0.2, 0.25) is 0 Å². The number of aryl methyl sites for hydroxylation is 1. The van der Waals surface area contributed by atoms with Gasteiger partial charge in [0, 0.05) is 6.04 Å². The molecule has 0 saturated carbocycles. The second kappa shape index (κ2) is 6.72. The maximum absolute atomic E-state index is 13.1. The molecule has 2 nitrogen and oxygen atoms in total. The summed E-state index contributed by atoms with van der Waals surface area (Å²) < 4.78 is 13.1. The van der Waals surface area contributed by atoms with Gasteiger partial charge in [-0.15, -0.1) is 0 Å². The summed E-state index contributed by atoms with van der Waals surface area (Å²) in [6.07, 6.45) is 3.29. The van der Waals surface area contributed by atoms with E-state index in [1.807, 2.05) is 13.0 Å². The zero-order chi connectivity index (χ0) is 12.8. The molecule has 1 aromatic rings. The molecule has 3 heteroatoms.